The molecule has 3 heterocycles. The predicted octanol–water partition coefficient (Wildman–Crippen LogP) is 4.52. The van der Waals surface area contributed by atoms with Gasteiger partial charge in [-0.05, 0) is 44.5 Å². The van der Waals surface area contributed by atoms with Crippen LogP contribution in [0.3, 0.4) is 0 Å². The summed E-state index contributed by atoms with van der Waals surface area (Å²) in [5, 5.41) is 5.43. The lowest BCUT2D eigenvalue weighted by molar-refractivity contribution is -0.272. The van der Waals surface area contributed by atoms with Crippen LogP contribution in [0.15, 0.2) is 30.5 Å². The van der Waals surface area contributed by atoms with E-state index in [1.54, 1.807) is 0 Å². The molecule has 0 saturated carbocycles. The Kier molecular flexibility index (Phi) is 8.60. The van der Waals surface area contributed by atoms with Gasteiger partial charge in [-0.25, -0.2) is 4.39 Å². The Hall–Kier alpha value is -3.32. The number of hydrogen-bond donors (Lipinski definition) is 2. The number of anilines is 1. The third kappa shape index (κ3) is 6.01. The highest BCUT2D eigenvalue weighted by Crippen LogP contribution is 2.55. The first kappa shape index (κ1) is 30.6. The summed E-state index contributed by atoms with van der Waals surface area (Å²) in [4.78, 5) is 32.5. The Labute approximate surface area is 234 Å². The minimum atomic E-state index is -4.89. The third-order valence-corrected chi connectivity index (χ3v) is 8.01. The standard InChI is InChI=1S/C28H33F5N4O4/c1-14-10-17(13-37(4)12-14)36-25(38)20-11-16(8-9-34-20)35-26(39)24-21(15(2)27(3,41-24)28(31,32)33)18-6-7-19(29)22(30)23(18)40-5/h6-9,11,14-15,17,21,24H,10,12-13H2,1-5H3,(H,36,38)(H,34,35,39)/t14-,15+,17+,21+,24-,27-/m1/s1. The van der Waals surface area contributed by atoms with Gasteiger partial charge >= 0.3 is 6.18 Å². The number of likely N-dealkylation sites (tertiary alicyclic amines) is 1. The van der Waals surface area contributed by atoms with Crippen LogP contribution in [0.2, 0.25) is 0 Å². The molecule has 224 valence electrons. The molecule has 0 bridgehead atoms. The number of carbonyl (C=O) groups is 2. The Morgan fingerprint density at radius 2 is 1.88 bits per heavy atom. The van der Waals surface area contributed by atoms with Crippen molar-refractivity contribution in [2.45, 2.75) is 57.0 Å². The maximum Gasteiger partial charge on any atom is 0.417 e. The first-order valence-electron chi connectivity index (χ1n) is 13.2. The molecular weight excluding hydrogens is 551 g/mol. The van der Waals surface area contributed by atoms with Gasteiger partial charge in [0.1, 0.15) is 11.8 Å². The summed E-state index contributed by atoms with van der Waals surface area (Å²) in [5.74, 6) is -7.06. The van der Waals surface area contributed by atoms with Gasteiger partial charge in [0.05, 0.1) is 7.11 Å². The first-order chi connectivity index (χ1) is 19.2. The number of likely N-dealkylation sites (N-methyl/N-ethyl adjacent to an activating group) is 1. The fourth-order valence-corrected chi connectivity index (χ4v) is 5.87. The van der Waals surface area contributed by atoms with Crippen molar-refractivity contribution in [2.24, 2.45) is 11.8 Å². The van der Waals surface area contributed by atoms with Crippen LogP contribution in [-0.2, 0) is 9.53 Å². The molecular formula is C28H33F5N4O4. The van der Waals surface area contributed by atoms with Gasteiger partial charge in [0.15, 0.2) is 17.2 Å². The number of rotatable bonds is 6. The molecule has 2 N–H and O–H groups in total. The molecule has 2 aliphatic rings. The van der Waals surface area contributed by atoms with Crippen LogP contribution in [0.1, 0.15) is 49.2 Å². The van der Waals surface area contributed by atoms with E-state index in [0.717, 1.165) is 39.1 Å². The molecule has 13 heteroatoms. The molecule has 4 rings (SSSR count). The van der Waals surface area contributed by atoms with Crippen LogP contribution in [-0.4, -0.2) is 72.9 Å². The topological polar surface area (TPSA) is 92.8 Å². The molecule has 1 aromatic carbocycles. The highest BCUT2D eigenvalue weighted by molar-refractivity contribution is 5.98. The highest BCUT2D eigenvalue weighted by atomic mass is 19.4. The van der Waals surface area contributed by atoms with Crippen LogP contribution < -0.4 is 15.4 Å². The summed E-state index contributed by atoms with van der Waals surface area (Å²) >= 11 is 0. The number of hydrogen-bond acceptors (Lipinski definition) is 6. The zero-order valence-electron chi connectivity index (χ0n) is 23.3. The van der Waals surface area contributed by atoms with Crippen LogP contribution in [0.4, 0.5) is 27.6 Å². The highest BCUT2D eigenvalue weighted by Gasteiger charge is 2.66. The van der Waals surface area contributed by atoms with E-state index in [-0.39, 0.29) is 23.0 Å². The number of alkyl halides is 3. The molecule has 2 amide bonds. The minimum Gasteiger partial charge on any atom is -0.493 e. The van der Waals surface area contributed by atoms with Crippen molar-refractivity contribution in [3.63, 3.8) is 0 Å². The summed E-state index contributed by atoms with van der Waals surface area (Å²) in [6.45, 7) is 5.70. The number of amides is 2. The predicted molar refractivity (Wildman–Crippen MR) is 140 cm³/mol. The normalized spacial score (nSPS) is 28.8. The van der Waals surface area contributed by atoms with Crippen LogP contribution >= 0.6 is 0 Å². The Morgan fingerprint density at radius 3 is 2.51 bits per heavy atom. The molecule has 2 saturated heterocycles. The Bertz CT molecular complexity index is 1300. The van der Waals surface area contributed by atoms with E-state index in [4.69, 9.17) is 9.47 Å². The lowest BCUT2D eigenvalue weighted by atomic mass is 9.77. The average Bonchev–Trinajstić information content (AvgIpc) is 3.16. The molecule has 2 aliphatic heterocycles. The van der Waals surface area contributed by atoms with Gasteiger partial charge in [-0.15, -0.1) is 0 Å². The lowest BCUT2D eigenvalue weighted by Gasteiger charge is -2.34. The summed E-state index contributed by atoms with van der Waals surface area (Å²) in [6.07, 6.45) is -4.58. The van der Waals surface area contributed by atoms with E-state index >= 15 is 0 Å². The van der Waals surface area contributed by atoms with Gasteiger partial charge in [-0.3, -0.25) is 14.6 Å². The van der Waals surface area contributed by atoms with Gasteiger partial charge < -0.3 is 25.0 Å². The number of ether oxygens (including phenoxy) is 2. The van der Waals surface area contributed by atoms with E-state index in [1.165, 1.54) is 25.3 Å². The molecule has 41 heavy (non-hydrogen) atoms. The number of halogens is 5. The molecule has 0 spiro atoms. The monoisotopic (exact) mass is 584 g/mol. The van der Waals surface area contributed by atoms with E-state index in [0.29, 0.717) is 12.5 Å². The molecule has 2 fully saturated rings. The zero-order valence-corrected chi connectivity index (χ0v) is 23.3. The van der Waals surface area contributed by atoms with Gasteiger partial charge in [-0.2, -0.15) is 17.6 Å². The maximum absolute atomic E-state index is 14.6. The van der Waals surface area contributed by atoms with Crippen molar-refractivity contribution in [3.05, 3.63) is 53.4 Å². The number of piperidine rings is 1. The van der Waals surface area contributed by atoms with E-state index in [9.17, 15) is 31.5 Å². The number of benzene rings is 1. The van der Waals surface area contributed by atoms with Gasteiger partial charge in [0, 0.05) is 48.4 Å². The van der Waals surface area contributed by atoms with Crippen molar-refractivity contribution < 1.29 is 41.0 Å². The van der Waals surface area contributed by atoms with Crippen LogP contribution in [0, 0.1) is 23.5 Å². The molecule has 6 atom stereocenters. The molecule has 1 aromatic heterocycles. The molecule has 0 aliphatic carbocycles. The SMILES string of the molecule is COc1c([C@H]2[C@H](C(=O)Nc3ccnc(C(=O)N[C@H]4C[C@@H](C)CN(C)C4)c3)O[C@@](C)(C(F)(F)F)[C@H]2C)ccc(F)c1F. The Balaban J connectivity index is 1.61. The lowest BCUT2D eigenvalue weighted by Crippen LogP contribution is -2.49. The fraction of sp³-hybridized carbons (Fsp3) is 0.536. The Morgan fingerprint density at radius 1 is 1.17 bits per heavy atom. The summed E-state index contributed by atoms with van der Waals surface area (Å²) < 4.78 is 81.4. The van der Waals surface area contributed by atoms with E-state index in [2.05, 4.69) is 27.4 Å². The number of aromatic nitrogens is 1. The van der Waals surface area contributed by atoms with E-state index < -0.39 is 58.9 Å². The summed E-state index contributed by atoms with van der Waals surface area (Å²) in [7, 11) is 3.01. The smallest absolute Gasteiger partial charge is 0.417 e. The average molecular weight is 585 g/mol. The molecule has 2 aromatic rings. The minimum absolute atomic E-state index is 0.00310. The van der Waals surface area contributed by atoms with Crippen molar-refractivity contribution in [2.75, 3.05) is 32.6 Å². The van der Waals surface area contributed by atoms with Crippen LogP contribution in [0.25, 0.3) is 0 Å². The number of carbonyl (C=O) groups excluding carboxylic acids is 2. The number of pyridine rings is 1. The van der Waals surface area contributed by atoms with Gasteiger partial charge in [0.25, 0.3) is 11.8 Å². The zero-order chi connectivity index (χ0) is 30.3. The second-order valence-electron chi connectivity index (χ2n) is 11.1. The van der Waals surface area contributed by atoms with Gasteiger partial charge in [-0.1, -0.05) is 19.9 Å². The van der Waals surface area contributed by atoms with Crippen molar-refractivity contribution in [3.8, 4) is 5.75 Å². The second-order valence-corrected chi connectivity index (χ2v) is 11.1. The van der Waals surface area contributed by atoms with Crippen LogP contribution in [0.5, 0.6) is 5.75 Å². The second kappa shape index (κ2) is 11.5. The number of nitrogens with one attached hydrogen (secondary N) is 2. The summed E-state index contributed by atoms with van der Waals surface area (Å²) in [6, 6.07) is 4.42. The van der Waals surface area contributed by atoms with Gasteiger partial charge in [0.2, 0.25) is 5.82 Å². The van der Waals surface area contributed by atoms with E-state index in [1.807, 2.05) is 7.05 Å². The molecule has 8 nitrogen and oxygen atoms in total. The molecule has 0 unspecified atom stereocenters. The van der Waals surface area contributed by atoms with Crippen molar-refractivity contribution in [1.82, 2.24) is 15.2 Å². The number of methoxy groups -OCH3 is 1. The number of nitrogens with zero attached hydrogens (tertiary/aromatic N) is 2. The maximum atomic E-state index is 14.6. The quantitative estimate of drug-likeness (QED) is 0.486. The first-order valence-corrected chi connectivity index (χ1v) is 13.2. The van der Waals surface area contributed by atoms with Crippen molar-refractivity contribution in [1.29, 1.82) is 0 Å². The largest absolute Gasteiger partial charge is 0.493 e. The fourth-order valence-electron chi connectivity index (χ4n) is 5.87. The van der Waals surface area contributed by atoms with Crippen molar-refractivity contribution >= 4 is 17.5 Å². The summed E-state index contributed by atoms with van der Waals surface area (Å²) in [5.41, 5.74) is -2.84. The third-order valence-electron chi connectivity index (χ3n) is 8.01. The molecule has 0 radical (unpaired) electrons.